The first-order chi connectivity index (χ1) is 11.9. The lowest BCUT2D eigenvalue weighted by Crippen LogP contribution is -2.30. The third-order valence-corrected chi connectivity index (χ3v) is 6.20. The minimum Gasteiger partial charge on any atom is -0.298 e. The van der Waals surface area contributed by atoms with Gasteiger partial charge in [-0.3, -0.25) is 15.0 Å². The highest BCUT2D eigenvalue weighted by atomic mass is 32.2. The molecule has 2 heterocycles. The number of hydrogen-bond donors (Lipinski definition) is 1. The van der Waals surface area contributed by atoms with Crippen LogP contribution in [0.15, 0.2) is 29.2 Å². The van der Waals surface area contributed by atoms with Crippen molar-refractivity contribution in [1.82, 2.24) is 9.88 Å². The summed E-state index contributed by atoms with van der Waals surface area (Å²) in [4.78, 5) is 20.7. The Balaban J connectivity index is 1.74. The van der Waals surface area contributed by atoms with Gasteiger partial charge in [0, 0.05) is 36.2 Å². The van der Waals surface area contributed by atoms with E-state index >= 15 is 0 Å². The number of carbonyl (C=O) groups excluding carboxylic acids is 1. The Morgan fingerprint density at radius 2 is 2.20 bits per heavy atom. The minimum absolute atomic E-state index is 0.133. The molecule has 6 nitrogen and oxygen atoms in total. The standard InChI is InChI=1S/C17H21N3O3S2/c1-3-8-20-9-7-14-15(11-20)24-17(18-14)19-16(21)12-5-4-6-13(10-12)25(2,22)23/h4-6,10H,3,7-9,11H2,1-2H3,(H,18,19,21). The average molecular weight is 380 g/mol. The summed E-state index contributed by atoms with van der Waals surface area (Å²) in [5.41, 5.74) is 1.36. The summed E-state index contributed by atoms with van der Waals surface area (Å²) < 4.78 is 23.3. The van der Waals surface area contributed by atoms with Crippen LogP contribution in [0.1, 0.15) is 34.3 Å². The van der Waals surface area contributed by atoms with Gasteiger partial charge in [0.2, 0.25) is 0 Å². The van der Waals surface area contributed by atoms with Crippen molar-refractivity contribution in [1.29, 1.82) is 0 Å². The fraction of sp³-hybridized carbons (Fsp3) is 0.412. The van der Waals surface area contributed by atoms with E-state index in [0.717, 1.165) is 44.4 Å². The minimum atomic E-state index is -3.34. The van der Waals surface area contributed by atoms with E-state index in [1.165, 1.54) is 28.3 Å². The van der Waals surface area contributed by atoms with Crippen LogP contribution in [0.25, 0.3) is 0 Å². The zero-order chi connectivity index (χ0) is 18.0. The Hall–Kier alpha value is -1.77. The quantitative estimate of drug-likeness (QED) is 0.864. The van der Waals surface area contributed by atoms with Crippen molar-refractivity contribution in [2.75, 3.05) is 24.7 Å². The molecular formula is C17H21N3O3S2. The van der Waals surface area contributed by atoms with E-state index in [2.05, 4.69) is 22.1 Å². The van der Waals surface area contributed by atoms with Gasteiger partial charge in [-0.1, -0.05) is 13.0 Å². The summed E-state index contributed by atoms with van der Waals surface area (Å²) >= 11 is 1.49. The number of carbonyl (C=O) groups is 1. The van der Waals surface area contributed by atoms with Crippen LogP contribution < -0.4 is 5.32 Å². The third kappa shape index (κ3) is 4.26. The van der Waals surface area contributed by atoms with Crippen LogP contribution in [-0.2, 0) is 22.8 Å². The van der Waals surface area contributed by atoms with Gasteiger partial charge in [-0.2, -0.15) is 0 Å². The molecule has 0 saturated heterocycles. The summed E-state index contributed by atoms with van der Waals surface area (Å²) in [7, 11) is -3.34. The predicted molar refractivity (Wildman–Crippen MR) is 98.9 cm³/mol. The molecule has 1 aromatic carbocycles. The van der Waals surface area contributed by atoms with Crippen molar-refractivity contribution in [3.05, 3.63) is 40.4 Å². The molecule has 0 fully saturated rings. The Morgan fingerprint density at radius 3 is 2.92 bits per heavy atom. The van der Waals surface area contributed by atoms with Crippen LogP contribution in [0.3, 0.4) is 0 Å². The summed E-state index contributed by atoms with van der Waals surface area (Å²) in [6, 6.07) is 6.04. The first-order valence-corrected chi connectivity index (χ1v) is 10.9. The number of benzene rings is 1. The molecule has 1 aliphatic rings. The maximum Gasteiger partial charge on any atom is 0.257 e. The Labute approximate surface area is 151 Å². The van der Waals surface area contributed by atoms with Crippen molar-refractivity contribution in [3.8, 4) is 0 Å². The summed E-state index contributed by atoms with van der Waals surface area (Å²) in [6.45, 7) is 5.10. The molecule has 8 heteroatoms. The molecule has 25 heavy (non-hydrogen) atoms. The lowest BCUT2D eigenvalue weighted by Gasteiger charge is -2.24. The monoisotopic (exact) mass is 379 g/mol. The molecule has 0 saturated carbocycles. The van der Waals surface area contributed by atoms with Gasteiger partial charge in [0.1, 0.15) is 0 Å². The van der Waals surface area contributed by atoms with E-state index in [4.69, 9.17) is 0 Å². The first-order valence-electron chi connectivity index (χ1n) is 8.19. The highest BCUT2D eigenvalue weighted by molar-refractivity contribution is 7.90. The van der Waals surface area contributed by atoms with Crippen molar-refractivity contribution < 1.29 is 13.2 Å². The summed E-state index contributed by atoms with van der Waals surface area (Å²) in [6.07, 6.45) is 3.14. The second kappa shape index (κ2) is 7.23. The van der Waals surface area contributed by atoms with Crippen LogP contribution in [0.2, 0.25) is 0 Å². The SMILES string of the molecule is CCCN1CCc2nc(NC(=O)c3cccc(S(C)(=O)=O)c3)sc2C1. The molecule has 0 atom stereocenters. The number of amides is 1. The van der Waals surface area contributed by atoms with Gasteiger partial charge in [-0.05, 0) is 31.2 Å². The molecule has 0 unspecified atom stereocenters. The average Bonchev–Trinajstić information content (AvgIpc) is 2.96. The topological polar surface area (TPSA) is 79.4 Å². The van der Waals surface area contributed by atoms with Gasteiger partial charge < -0.3 is 0 Å². The molecule has 0 aliphatic carbocycles. The van der Waals surface area contributed by atoms with Crippen molar-refractivity contribution in [2.24, 2.45) is 0 Å². The van der Waals surface area contributed by atoms with Gasteiger partial charge in [0.05, 0.1) is 10.6 Å². The predicted octanol–water partition coefficient (Wildman–Crippen LogP) is 2.57. The summed E-state index contributed by atoms with van der Waals surface area (Å²) in [5.74, 6) is -0.345. The third-order valence-electron chi connectivity index (χ3n) is 4.09. The molecule has 134 valence electrons. The summed E-state index contributed by atoms with van der Waals surface area (Å²) in [5, 5.41) is 3.36. The second-order valence-corrected chi connectivity index (χ2v) is 9.27. The number of sulfone groups is 1. The second-order valence-electron chi connectivity index (χ2n) is 6.17. The number of nitrogens with zero attached hydrogens (tertiary/aromatic N) is 2. The Morgan fingerprint density at radius 1 is 1.40 bits per heavy atom. The van der Waals surface area contributed by atoms with Crippen molar-refractivity contribution in [3.63, 3.8) is 0 Å². The van der Waals surface area contributed by atoms with Gasteiger partial charge in [0.15, 0.2) is 15.0 Å². The molecule has 1 amide bonds. The number of fused-ring (bicyclic) bond motifs is 1. The van der Waals surface area contributed by atoms with Crippen molar-refractivity contribution >= 4 is 32.2 Å². The smallest absolute Gasteiger partial charge is 0.257 e. The van der Waals surface area contributed by atoms with E-state index in [1.54, 1.807) is 12.1 Å². The number of anilines is 1. The van der Waals surface area contributed by atoms with Gasteiger partial charge in [-0.15, -0.1) is 11.3 Å². The highest BCUT2D eigenvalue weighted by Crippen LogP contribution is 2.28. The van der Waals surface area contributed by atoms with Gasteiger partial charge in [0.25, 0.3) is 5.91 Å². The number of nitrogens with one attached hydrogen (secondary N) is 1. The number of aromatic nitrogens is 1. The maximum absolute atomic E-state index is 12.4. The molecule has 2 aromatic rings. The van der Waals surface area contributed by atoms with E-state index < -0.39 is 9.84 Å². The van der Waals surface area contributed by atoms with Crippen molar-refractivity contribution in [2.45, 2.75) is 31.2 Å². The first kappa shape index (κ1) is 18.0. The van der Waals surface area contributed by atoms with Crippen LogP contribution in [0.5, 0.6) is 0 Å². The zero-order valence-electron chi connectivity index (χ0n) is 14.3. The number of hydrogen-bond acceptors (Lipinski definition) is 6. The van der Waals surface area contributed by atoms with E-state index in [0.29, 0.717) is 10.7 Å². The van der Waals surface area contributed by atoms with Crippen LogP contribution in [0, 0.1) is 0 Å². The molecule has 3 rings (SSSR count). The highest BCUT2D eigenvalue weighted by Gasteiger charge is 2.21. The fourth-order valence-corrected chi connectivity index (χ4v) is 4.56. The molecule has 1 aliphatic heterocycles. The maximum atomic E-state index is 12.4. The lowest BCUT2D eigenvalue weighted by molar-refractivity contribution is 0.102. The van der Waals surface area contributed by atoms with Crippen LogP contribution in [-0.4, -0.2) is 43.6 Å². The number of thiazole rings is 1. The van der Waals surface area contributed by atoms with E-state index in [9.17, 15) is 13.2 Å². The Kier molecular flexibility index (Phi) is 5.21. The van der Waals surface area contributed by atoms with Gasteiger partial charge >= 0.3 is 0 Å². The molecule has 1 N–H and O–H groups in total. The fourth-order valence-electron chi connectivity index (χ4n) is 2.85. The molecule has 0 spiro atoms. The van der Waals surface area contributed by atoms with E-state index in [1.807, 2.05) is 0 Å². The number of rotatable bonds is 5. The Bertz CT molecular complexity index is 890. The van der Waals surface area contributed by atoms with E-state index in [-0.39, 0.29) is 10.8 Å². The van der Waals surface area contributed by atoms with Gasteiger partial charge in [-0.25, -0.2) is 13.4 Å². The molecule has 0 radical (unpaired) electrons. The molecule has 0 bridgehead atoms. The lowest BCUT2D eigenvalue weighted by atomic mass is 10.2. The molecule has 1 aromatic heterocycles. The normalized spacial score (nSPS) is 15.0. The van der Waals surface area contributed by atoms with Crippen LogP contribution >= 0.6 is 11.3 Å². The largest absolute Gasteiger partial charge is 0.298 e. The zero-order valence-corrected chi connectivity index (χ0v) is 15.9. The van der Waals surface area contributed by atoms with Crippen LogP contribution in [0.4, 0.5) is 5.13 Å². The molecular weight excluding hydrogens is 358 g/mol.